The monoisotopic (exact) mass is 477 g/mol. The fourth-order valence-electron chi connectivity index (χ4n) is 3.74. The number of pyridine rings is 1. The molecule has 1 fully saturated rings. The van der Waals surface area contributed by atoms with E-state index in [0.717, 1.165) is 43.0 Å². The van der Waals surface area contributed by atoms with Gasteiger partial charge in [-0.15, -0.1) is 0 Å². The standard InChI is InChI=1S/C26H31N5O4/c1-26(2,3)35-25(33)29-21-7-5-18(19-9-14-34-17-19)15-23(21)28-24(32)22-8-6-20(16-27-22)31-12-10-30(4)11-13-31/h5-9,14-17H,10-13H2,1-4H3,(H,28,32)(H,29,33). The predicted molar refractivity (Wildman–Crippen MR) is 136 cm³/mol. The van der Waals surface area contributed by atoms with Gasteiger partial charge in [-0.3, -0.25) is 10.1 Å². The van der Waals surface area contributed by atoms with E-state index in [4.69, 9.17) is 9.15 Å². The van der Waals surface area contributed by atoms with Crippen molar-refractivity contribution in [2.45, 2.75) is 26.4 Å². The van der Waals surface area contributed by atoms with Crippen LogP contribution in [0.4, 0.5) is 21.9 Å². The van der Waals surface area contributed by atoms with Crippen LogP contribution in [-0.2, 0) is 4.74 Å². The molecule has 9 nitrogen and oxygen atoms in total. The maximum atomic E-state index is 13.1. The van der Waals surface area contributed by atoms with Gasteiger partial charge in [0.15, 0.2) is 0 Å². The van der Waals surface area contributed by atoms with Gasteiger partial charge in [0.25, 0.3) is 5.91 Å². The van der Waals surface area contributed by atoms with E-state index in [9.17, 15) is 9.59 Å². The lowest BCUT2D eigenvalue weighted by molar-refractivity contribution is 0.0635. The molecule has 1 aromatic carbocycles. The highest BCUT2D eigenvalue weighted by Gasteiger charge is 2.20. The fourth-order valence-corrected chi connectivity index (χ4v) is 3.74. The lowest BCUT2D eigenvalue weighted by atomic mass is 10.1. The summed E-state index contributed by atoms with van der Waals surface area (Å²) in [6.45, 7) is 9.18. The van der Waals surface area contributed by atoms with Gasteiger partial charge >= 0.3 is 6.09 Å². The number of rotatable bonds is 5. The lowest BCUT2D eigenvalue weighted by Crippen LogP contribution is -2.44. The number of anilines is 3. The summed E-state index contributed by atoms with van der Waals surface area (Å²) < 4.78 is 10.6. The number of nitrogens with zero attached hydrogens (tertiary/aromatic N) is 3. The van der Waals surface area contributed by atoms with Crippen LogP contribution >= 0.6 is 0 Å². The molecule has 0 bridgehead atoms. The van der Waals surface area contributed by atoms with Crippen molar-refractivity contribution in [3.8, 4) is 11.1 Å². The van der Waals surface area contributed by atoms with Crippen molar-refractivity contribution >= 4 is 29.1 Å². The van der Waals surface area contributed by atoms with E-state index in [1.165, 1.54) is 0 Å². The second-order valence-corrected chi connectivity index (χ2v) is 9.55. The molecular formula is C26H31N5O4. The van der Waals surface area contributed by atoms with Crippen molar-refractivity contribution in [1.29, 1.82) is 0 Å². The molecule has 184 valence electrons. The highest BCUT2D eigenvalue weighted by Crippen LogP contribution is 2.30. The Bertz CT molecular complexity index is 1160. The first kappa shape index (κ1) is 24.3. The van der Waals surface area contributed by atoms with Gasteiger partial charge in [-0.05, 0) is 63.7 Å². The summed E-state index contributed by atoms with van der Waals surface area (Å²) in [7, 11) is 2.11. The molecule has 0 spiro atoms. The van der Waals surface area contributed by atoms with Crippen LogP contribution in [0.1, 0.15) is 31.3 Å². The Morgan fingerprint density at radius 1 is 0.971 bits per heavy atom. The highest BCUT2D eigenvalue weighted by atomic mass is 16.6. The third-order valence-corrected chi connectivity index (χ3v) is 5.61. The van der Waals surface area contributed by atoms with Gasteiger partial charge < -0.3 is 24.3 Å². The molecule has 3 heterocycles. The smallest absolute Gasteiger partial charge is 0.412 e. The number of hydrogen-bond acceptors (Lipinski definition) is 7. The van der Waals surface area contributed by atoms with Gasteiger partial charge in [0.1, 0.15) is 11.3 Å². The molecule has 1 saturated heterocycles. The molecule has 9 heteroatoms. The maximum Gasteiger partial charge on any atom is 0.412 e. The minimum Gasteiger partial charge on any atom is -0.472 e. The second kappa shape index (κ2) is 10.2. The van der Waals surface area contributed by atoms with Crippen LogP contribution in [0.2, 0.25) is 0 Å². The van der Waals surface area contributed by atoms with Crippen molar-refractivity contribution in [2.24, 2.45) is 0 Å². The van der Waals surface area contributed by atoms with Gasteiger partial charge in [-0.2, -0.15) is 0 Å². The first-order valence-corrected chi connectivity index (χ1v) is 11.6. The van der Waals surface area contributed by atoms with E-state index in [0.29, 0.717) is 11.4 Å². The molecule has 4 rings (SSSR count). The Morgan fingerprint density at radius 2 is 1.74 bits per heavy atom. The van der Waals surface area contributed by atoms with E-state index in [1.54, 1.807) is 57.7 Å². The Kier molecular flexibility index (Phi) is 7.07. The topological polar surface area (TPSA) is 99.9 Å². The molecule has 3 aromatic rings. The van der Waals surface area contributed by atoms with E-state index < -0.39 is 11.7 Å². The van der Waals surface area contributed by atoms with Gasteiger partial charge in [-0.1, -0.05) is 6.07 Å². The fraction of sp³-hybridized carbons (Fsp3) is 0.346. The molecular weight excluding hydrogens is 446 g/mol. The van der Waals surface area contributed by atoms with Crippen LogP contribution in [0.3, 0.4) is 0 Å². The van der Waals surface area contributed by atoms with Crippen LogP contribution in [0, 0.1) is 0 Å². The van der Waals surface area contributed by atoms with Crippen LogP contribution < -0.4 is 15.5 Å². The zero-order valence-electron chi connectivity index (χ0n) is 20.5. The number of carbonyl (C=O) groups is 2. The van der Waals surface area contributed by atoms with Crippen molar-refractivity contribution in [3.63, 3.8) is 0 Å². The largest absolute Gasteiger partial charge is 0.472 e. The Morgan fingerprint density at radius 3 is 2.37 bits per heavy atom. The summed E-state index contributed by atoms with van der Waals surface area (Å²) in [4.78, 5) is 34.4. The van der Waals surface area contributed by atoms with Gasteiger partial charge in [0, 0.05) is 31.7 Å². The number of hydrogen-bond donors (Lipinski definition) is 2. The predicted octanol–water partition coefficient (Wildman–Crippen LogP) is 4.69. The Balaban J connectivity index is 1.53. The molecule has 0 unspecified atom stereocenters. The van der Waals surface area contributed by atoms with Crippen LogP contribution in [0.5, 0.6) is 0 Å². The van der Waals surface area contributed by atoms with Gasteiger partial charge in [0.05, 0.1) is 35.8 Å². The highest BCUT2D eigenvalue weighted by molar-refractivity contribution is 6.06. The van der Waals surface area contributed by atoms with E-state index >= 15 is 0 Å². The zero-order valence-corrected chi connectivity index (χ0v) is 20.5. The van der Waals surface area contributed by atoms with E-state index in [-0.39, 0.29) is 11.6 Å². The number of carbonyl (C=O) groups excluding carboxylic acids is 2. The van der Waals surface area contributed by atoms with Gasteiger partial charge in [0.2, 0.25) is 0 Å². The first-order chi connectivity index (χ1) is 16.7. The molecule has 1 aliphatic heterocycles. The molecule has 1 aliphatic rings. The molecule has 0 aliphatic carbocycles. The number of likely N-dealkylation sites (N-methyl/N-ethyl adjacent to an activating group) is 1. The van der Waals surface area contributed by atoms with Crippen molar-refractivity contribution < 1.29 is 18.7 Å². The number of benzene rings is 1. The minimum absolute atomic E-state index is 0.278. The third-order valence-electron chi connectivity index (χ3n) is 5.61. The maximum absolute atomic E-state index is 13.1. The number of aromatic nitrogens is 1. The van der Waals surface area contributed by atoms with Crippen LogP contribution in [0.25, 0.3) is 11.1 Å². The number of piperazine rings is 1. The van der Waals surface area contributed by atoms with Gasteiger partial charge in [-0.25, -0.2) is 9.78 Å². The second-order valence-electron chi connectivity index (χ2n) is 9.55. The first-order valence-electron chi connectivity index (χ1n) is 11.6. The quantitative estimate of drug-likeness (QED) is 0.550. The summed E-state index contributed by atoms with van der Waals surface area (Å²) in [5, 5.41) is 5.60. The Hall–Kier alpha value is -3.85. The Labute approximate surface area is 205 Å². The third kappa shape index (κ3) is 6.39. The molecule has 0 saturated carbocycles. The zero-order chi connectivity index (χ0) is 25.0. The molecule has 0 atom stereocenters. The summed E-state index contributed by atoms with van der Waals surface area (Å²) in [5.74, 6) is -0.383. The average molecular weight is 478 g/mol. The molecule has 35 heavy (non-hydrogen) atoms. The van der Waals surface area contributed by atoms with E-state index in [1.807, 2.05) is 18.2 Å². The normalized spacial score (nSPS) is 14.5. The van der Waals surface area contributed by atoms with Crippen molar-refractivity contribution in [2.75, 3.05) is 48.8 Å². The molecule has 2 amide bonds. The van der Waals surface area contributed by atoms with Crippen LogP contribution in [0.15, 0.2) is 59.5 Å². The number of furan rings is 1. The van der Waals surface area contributed by atoms with Crippen molar-refractivity contribution in [3.05, 3.63) is 60.8 Å². The number of ether oxygens (including phenoxy) is 1. The molecule has 0 radical (unpaired) electrons. The number of nitrogens with one attached hydrogen (secondary N) is 2. The summed E-state index contributed by atoms with van der Waals surface area (Å²) in [6, 6.07) is 10.8. The van der Waals surface area contributed by atoms with E-state index in [2.05, 4.69) is 32.5 Å². The summed E-state index contributed by atoms with van der Waals surface area (Å²) in [5.41, 5.74) is 3.11. The molecule has 2 aromatic heterocycles. The minimum atomic E-state index is -0.653. The lowest BCUT2D eigenvalue weighted by Gasteiger charge is -2.33. The van der Waals surface area contributed by atoms with Crippen LogP contribution in [-0.4, -0.2) is 60.7 Å². The number of amides is 2. The molecule has 2 N–H and O–H groups in total. The average Bonchev–Trinajstić information content (AvgIpc) is 3.35. The van der Waals surface area contributed by atoms with Crippen molar-refractivity contribution in [1.82, 2.24) is 9.88 Å². The summed E-state index contributed by atoms with van der Waals surface area (Å²) in [6.07, 6.45) is 4.30. The summed E-state index contributed by atoms with van der Waals surface area (Å²) >= 11 is 0. The SMILES string of the molecule is CN1CCN(c2ccc(C(=O)Nc3cc(-c4ccoc4)ccc3NC(=O)OC(C)(C)C)nc2)CC1.